The van der Waals surface area contributed by atoms with Crippen molar-refractivity contribution in [1.82, 2.24) is 14.7 Å². The number of carbonyl (C=O) groups is 2. The third-order valence-corrected chi connectivity index (χ3v) is 8.24. The molecule has 1 unspecified atom stereocenters. The van der Waals surface area contributed by atoms with Crippen molar-refractivity contribution in [1.29, 1.82) is 0 Å². The Morgan fingerprint density at radius 1 is 1.18 bits per heavy atom. The summed E-state index contributed by atoms with van der Waals surface area (Å²) < 4.78 is 44.4. The molecular formula is C28H29F3N6O2+. The molecule has 2 fully saturated rings. The van der Waals surface area contributed by atoms with E-state index >= 15 is 0 Å². The monoisotopic (exact) mass is 538 g/mol. The van der Waals surface area contributed by atoms with Gasteiger partial charge in [0.1, 0.15) is 0 Å². The molecule has 39 heavy (non-hydrogen) atoms. The lowest BCUT2D eigenvalue weighted by molar-refractivity contribution is -0.480. The van der Waals surface area contributed by atoms with Crippen LogP contribution in [0, 0.1) is 12.1 Å². The number of alkyl halides is 3. The first kappa shape index (κ1) is 25.5. The van der Waals surface area contributed by atoms with E-state index in [1.165, 1.54) is 22.1 Å². The number of likely N-dealkylation sites (N-methyl/N-ethyl adjacent to an activating group) is 2. The average Bonchev–Trinajstić information content (AvgIpc) is 3.54. The molecule has 0 aromatic heterocycles. The van der Waals surface area contributed by atoms with Crippen LogP contribution >= 0.6 is 0 Å². The number of amides is 3. The number of hydrogen-bond donors (Lipinski definition) is 0. The highest BCUT2D eigenvalue weighted by Crippen LogP contribution is 2.47. The van der Waals surface area contributed by atoms with Gasteiger partial charge in [0.25, 0.3) is 0 Å². The molecule has 0 N–H and O–H groups in total. The highest BCUT2D eigenvalue weighted by molar-refractivity contribution is 5.93. The van der Waals surface area contributed by atoms with E-state index in [-0.39, 0.29) is 29.8 Å². The summed E-state index contributed by atoms with van der Waals surface area (Å²) >= 11 is 0. The Labute approximate surface area is 224 Å². The Morgan fingerprint density at radius 2 is 1.97 bits per heavy atom. The summed E-state index contributed by atoms with van der Waals surface area (Å²) in [6.45, 7) is 0.923. The maximum atomic E-state index is 14.2. The number of azo groups is 1. The summed E-state index contributed by atoms with van der Waals surface area (Å²) in [6, 6.07) is 7.31. The van der Waals surface area contributed by atoms with Gasteiger partial charge in [-0.2, -0.15) is 13.2 Å². The molecule has 1 aliphatic carbocycles. The van der Waals surface area contributed by atoms with Crippen molar-refractivity contribution in [2.45, 2.75) is 37.3 Å². The fraction of sp³-hybridized carbons (Fsp3) is 0.429. The highest BCUT2D eigenvalue weighted by Gasteiger charge is 2.46. The van der Waals surface area contributed by atoms with Gasteiger partial charge in [0.15, 0.2) is 0 Å². The van der Waals surface area contributed by atoms with Gasteiger partial charge in [0, 0.05) is 32.9 Å². The first-order valence-corrected chi connectivity index (χ1v) is 13.1. The summed E-state index contributed by atoms with van der Waals surface area (Å²) in [5.41, 5.74) is 0.833. The van der Waals surface area contributed by atoms with Crippen molar-refractivity contribution in [3.63, 3.8) is 0 Å². The zero-order valence-corrected chi connectivity index (χ0v) is 21.7. The first-order chi connectivity index (χ1) is 18.6. The van der Waals surface area contributed by atoms with Crippen molar-refractivity contribution in [2.75, 3.05) is 33.7 Å². The number of carbonyl (C=O) groups excluding carboxylic acids is 2. The Bertz CT molecular complexity index is 1370. The van der Waals surface area contributed by atoms with Crippen LogP contribution in [0.15, 0.2) is 69.7 Å². The van der Waals surface area contributed by atoms with Crippen LogP contribution in [-0.4, -0.2) is 77.5 Å². The highest BCUT2D eigenvalue weighted by atomic mass is 19.4. The maximum absolute atomic E-state index is 14.2. The van der Waals surface area contributed by atoms with Gasteiger partial charge in [-0.15, -0.1) is 0 Å². The number of fused-ring (bicyclic) bond motifs is 1. The summed E-state index contributed by atoms with van der Waals surface area (Å²) in [6.07, 6.45) is 5.00. The van der Waals surface area contributed by atoms with E-state index < -0.39 is 23.6 Å². The quantitative estimate of drug-likeness (QED) is 0.490. The number of benzene rings is 1. The zero-order valence-electron chi connectivity index (χ0n) is 21.7. The molecule has 1 aromatic rings. The van der Waals surface area contributed by atoms with Crippen LogP contribution < -0.4 is 0 Å². The van der Waals surface area contributed by atoms with Gasteiger partial charge in [-0.25, -0.2) is 9.37 Å². The second-order valence-electron chi connectivity index (χ2n) is 10.8. The molecule has 1 saturated heterocycles. The summed E-state index contributed by atoms with van der Waals surface area (Å²) in [5.74, 6) is -0.920. The van der Waals surface area contributed by atoms with Crippen LogP contribution in [0.25, 0.3) is 0 Å². The molecule has 6 rings (SSSR count). The number of nitrogens with zero attached hydrogens (tertiary/aromatic N) is 6. The minimum atomic E-state index is -4.66. The first-order valence-electron chi connectivity index (χ1n) is 13.1. The molecule has 4 heterocycles. The van der Waals surface area contributed by atoms with Gasteiger partial charge in [-0.05, 0) is 52.7 Å². The summed E-state index contributed by atoms with van der Waals surface area (Å²) in [5, 5.41) is 8.40. The van der Waals surface area contributed by atoms with Crippen molar-refractivity contribution in [2.24, 2.45) is 16.1 Å². The largest absolute Gasteiger partial charge is 0.418 e. The Kier molecular flexibility index (Phi) is 6.19. The topological polar surface area (TPSA) is 71.6 Å². The molecule has 8 nitrogen and oxygen atoms in total. The van der Waals surface area contributed by atoms with E-state index in [9.17, 15) is 22.8 Å². The van der Waals surface area contributed by atoms with Gasteiger partial charge >= 0.3 is 24.7 Å². The number of allylic oxidation sites excluding steroid dienone is 1. The molecule has 3 amide bonds. The maximum Gasteiger partial charge on any atom is 0.418 e. The Morgan fingerprint density at radius 3 is 2.59 bits per heavy atom. The number of halogens is 3. The molecule has 1 aromatic carbocycles. The van der Waals surface area contributed by atoms with E-state index in [0.29, 0.717) is 24.6 Å². The lowest BCUT2D eigenvalue weighted by Gasteiger charge is -2.34. The second kappa shape index (κ2) is 9.46. The molecule has 203 valence electrons. The number of hydrogen-bond acceptors (Lipinski definition) is 4. The van der Waals surface area contributed by atoms with E-state index in [4.69, 9.17) is 0 Å². The smallest absolute Gasteiger partial charge is 0.326 e. The molecule has 2 atom stereocenters. The van der Waals surface area contributed by atoms with Gasteiger partial charge in [0.2, 0.25) is 5.91 Å². The summed E-state index contributed by atoms with van der Waals surface area (Å²) in [7, 11) is 3.55. The average molecular weight is 539 g/mol. The Hall–Kier alpha value is -3.76. The molecule has 0 spiro atoms. The zero-order chi connectivity index (χ0) is 27.5. The van der Waals surface area contributed by atoms with Crippen LogP contribution in [-0.2, 0) is 4.79 Å². The third-order valence-electron chi connectivity index (χ3n) is 8.24. The van der Waals surface area contributed by atoms with Crippen LogP contribution in [0.4, 0.5) is 18.0 Å². The molecule has 11 heteroatoms. The van der Waals surface area contributed by atoms with Crippen molar-refractivity contribution < 1.29 is 27.3 Å². The molecule has 1 radical (unpaired) electrons. The van der Waals surface area contributed by atoms with Crippen LogP contribution in [0.1, 0.15) is 42.2 Å². The van der Waals surface area contributed by atoms with Crippen LogP contribution in [0.2, 0.25) is 0 Å². The number of urea groups is 1. The summed E-state index contributed by atoms with van der Waals surface area (Å²) in [4.78, 5) is 30.0. The van der Waals surface area contributed by atoms with Gasteiger partial charge < -0.3 is 9.80 Å². The fourth-order valence-electron chi connectivity index (χ4n) is 5.94. The van der Waals surface area contributed by atoms with Crippen molar-refractivity contribution in [3.05, 3.63) is 76.8 Å². The fourth-order valence-corrected chi connectivity index (χ4v) is 5.94. The minimum absolute atomic E-state index is 0.000728. The van der Waals surface area contributed by atoms with Crippen LogP contribution in [0.5, 0.6) is 0 Å². The standard InChI is InChI=1S/C28H29F3N6O2/c1-34-9-10-36(27(34)39)14-17-11-22(28(29,30)31)23-13-21(26(38)37(23)15-17)19-7-4-8-20(12-19)24(18-5-3-6-18)25-33-32-16-35(25)2/h4,7-8,11-13,15-16,18,21,24H,3,5-6,9-10,14H2,1-2H3/q+1/t21?,24-/m1/s1. The molecule has 4 aliphatic heterocycles. The SMILES string of the molecule is CN1CCN(CC2=CN3C(=O)C(c4cccc([C@H]([C]5N=NC=[N+]5C)C5CCC5)c4)C=C3C(C(F)(F)F)=C2)C1=O. The Balaban J connectivity index is 1.32. The molecule has 0 bridgehead atoms. The number of rotatable bonds is 6. The normalized spacial score (nSPS) is 24.5. The lowest BCUT2D eigenvalue weighted by atomic mass is 9.71. The second-order valence-corrected chi connectivity index (χ2v) is 10.8. The van der Waals surface area contributed by atoms with Crippen LogP contribution in [0.3, 0.4) is 0 Å². The molecular weight excluding hydrogens is 509 g/mol. The van der Waals surface area contributed by atoms with Crippen molar-refractivity contribution >= 4 is 18.3 Å². The van der Waals surface area contributed by atoms with E-state index in [1.807, 2.05) is 29.8 Å². The predicted molar refractivity (Wildman–Crippen MR) is 136 cm³/mol. The lowest BCUT2D eigenvalue weighted by Crippen LogP contribution is -2.34. The van der Waals surface area contributed by atoms with E-state index in [1.54, 1.807) is 19.5 Å². The van der Waals surface area contributed by atoms with Gasteiger partial charge in [0.05, 0.1) is 35.3 Å². The predicted octanol–water partition coefficient (Wildman–Crippen LogP) is 4.76. The third kappa shape index (κ3) is 4.47. The minimum Gasteiger partial charge on any atom is -0.326 e. The van der Waals surface area contributed by atoms with Crippen molar-refractivity contribution in [3.8, 4) is 0 Å². The van der Waals surface area contributed by atoms with Gasteiger partial charge in [-0.3, -0.25) is 9.69 Å². The van der Waals surface area contributed by atoms with E-state index in [0.717, 1.165) is 42.0 Å². The molecule has 1 saturated carbocycles. The molecule has 5 aliphatic rings. The van der Waals surface area contributed by atoms with Gasteiger partial charge in [-0.1, -0.05) is 30.7 Å². The van der Waals surface area contributed by atoms with E-state index in [2.05, 4.69) is 10.2 Å².